The van der Waals surface area contributed by atoms with Gasteiger partial charge in [-0.05, 0) is 19.1 Å². The Morgan fingerprint density at radius 2 is 1.88 bits per heavy atom. The Bertz CT molecular complexity index is 396. The Balaban J connectivity index is 2.31. The molecular weight excluding hydrogens is 204 g/mol. The molecule has 16 heavy (non-hydrogen) atoms. The van der Waals surface area contributed by atoms with Crippen molar-refractivity contribution >= 4 is 6.08 Å². The lowest BCUT2D eigenvalue weighted by Crippen LogP contribution is -2.46. The van der Waals surface area contributed by atoms with Gasteiger partial charge >= 0.3 is 0 Å². The van der Waals surface area contributed by atoms with Crippen molar-refractivity contribution in [2.24, 2.45) is 0 Å². The maximum Gasteiger partial charge on any atom is 0.200 e. The van der Waals surface area contributed by atoms with E-state index in [0.717, 1.165) is 11.3 Å². The fourth-order valence-corrected chi connectivity index (χ4v) is 1.93. The molecule has 3 nitrogen and oxygen atoms in total. The normalized spacial score (nSPS) is 23.0. The number of hydrogen-bond donors (Lipinski definition) is 0. The minimum Gasteiger partial charge on any atom is -0.478 e. The van der Waals surface area contributed by atoms with E-state index in [-0.39, 0.29) is 0 Å². The molecule has 0 fully saturated rings. The average molecular weight is 220 g/mol. The lowest BCUT2D eigenvalue weighted by Gasteiger charge is -2.36. The molecule has 0 amide bonds. The van der Waals surface area contributed by atoms with Crippen LogP contribution in [0.5, 0.6) is 5.75 Å². The third-order valence-corrected chi connectivity index (χ3v) is 2.74. The first-order valence-electron chi connectivity index (χ1n) is 5.22. The summed E-state index contributed by atoms with van der Waals surface area (Å²) in [6.45, 7) is 1.94. The van der Waals surface area contributed by atoms with Gasteiger partial charge in [0.05, 0.1) is 0 Å². The van der Waals surface area contributed by atoms with Crippen LogP contribution in [0.3, 0.4) is 0 Å². The minimum atomic E-state index is -0.585. The molecule has 1 atom stereocenters. The van der Waals surface area contributed by atoms with Gasteiger partial charge in [-0.15, -0.1) is 0 Å². The second kappa shape index (κ2) is 4.28. The lowest BCUT2D eigenvalue weighted by molar-refractivity contribution is -0.180. The Morgan fingerprint density at radius 3 is 2.56 bits per heavy atom. The first-order chi connectivity index (χ1) is 7.69. The van der Waals surface area contributed by atoms with Gasteiger partial charge in [0.15, 0.2) is 5.60 Å². The Hall–Kier alpha value is -1.32. The van der Waals surface area contributed by atoms with Crippen molar-refractivity contribution in [2.75, 3.05) is 14.2 Å². The van der Waals surface area contributed by atoms with Gasteiger partial charge in [0.25, 0.3) is 0 Å². The van der Waals surface area contributed by atoms with E-state index in [1.54, 1.807) is 14.2 Å². The quantitative estimate of drug-likeness (QED) is 0.732. The fourth-order valence-electron chi connectivity index (χ4n) is 1.93. The predicted molar refractivity (Wildman–Crippen MR) is 62.3 cm³/mol. The van der Waals surface area contributed by atoms with E-state index in [1.165, 1.54) is 0 Å². The van der Waals surface area contributed by atoms with Crippen molar-refractivity contribution in [3.05, 3.63) is 35.9 Å². The molecular formula is C13H16O3. The van der Waals surface area contributed by atoms with Crippen LogP contribution in [0.25, 0.3) is 6.08 Å². The van der Waals surface area contributed by atoms with Crippen LogP contribution in [0.1, 0.15) is 12.5 Å². The molecule has 0 spiro atoms. The number of hydrogen-bond acceptors (Lipinski definition) is 3. The number of rotatable bonds is 3. The van der Waals surface area contributed by atoms with E-state index < -0.39 is 11.9 Å². The Morgan fingerprint density at radius 1 is 1.19 bits per heavy atom. The molecule has 0 unspecified atom stereocenters. The van der Waals surface area contributed by atoms with E-state index in [9.17, 15) is 0 Å². The molecule has 0 aliphatic carbocycles. The summed E-state index contributed by atoms with van der Waals surface area (Å²) in [5, 5.41) is 0. The molecule has 1 aliphatic heterocycles. The Labute approximate surface area is 95.6 Å². The summed E-state index contributed by atoms with van der Waals surface area (Å²) in [7, 11) is 3.22. The van der Waals surface area contributed by atoms with Crippen LogP contribution in [-0.4, -0.2) is 26.1 Å². The molecule has 0 saturated carbocycles. The summed E-state index contributed by atoms with van der Waals surface area (Å²) >= 11 is 0. The predicted octanol–water partition coefficient (Wildman–Crippen LogP) is 2.47. The zero-order chi connectivity index (χ0) is 11.6. The van der Waals surface area contributed by atoms with E-state index in [4.69, 9.17) is 14.2 Å². The summed E-state index contributed by atoms with van der Waals surface area (Å²) < 4.78 is 16.4. The highest BCUT2D eigenvalue weighted by atomic mass is 16.7. The van der Waals surface area contributed by atoms with Crippen molar-refractivity contribution in [3.8, 4) is 5.75 Å². The smallest absolute Gasteiger partial charge is 0.200 e. The molecule has 2 rings (SSSR count). The topological polar surface area (TPSA) is 27.7 Å². The highest BCUT2D eigenvalue weighted by Crippen LogP contribution is 2.33. The molecule has 1 aromatic carbocycles. The summed E-state index contributed by atoms with van der Waals surface area (Å²) in [5.41, 5.74) is 0.489. The van der Waals surface area contributed by atoms with Crippen molar-refractivity contribution in [1.29, 1.82) is 0 Å². The van der Waals surface area contributed by atoms with Crippen molar-refractivity contribution < 1.29 is 14.2 Å². The standard InChI is InChI=1S/C13H16O3/c1-13(12(14-2)15-3)9-8-10-6-4-5-7-11(10)16-13/h4-9,12H,1-3H3/t13-/m1/s1. The zero-order valence-electron chi connectivity index (χ0n) is 9.77. The largest absolute Gasteiger partial charge is 0.478 e. The van der Waals surface area contributed by atoms with Crippen LogP contribution in [-0.2, 0) is 9.47 Å². The average Bonchev–Trinajstić information content (AvgIpc) is 2.30. The molecule has 1 aliphatic rings. The van der Waals surface area contributed by atoms with Crippen LogP contribution >= 0.6 is 0 Å². The van der Waals surface area contributed by atoms with Gasteiger partial charge in [0, 0.05) is 19.8 Å². The second-order valence-corrected chi connectivity index (χ2v) is 3.96. The summed E-state index contributed by atoms with van der Waals surface area (Å²) in [6.07, 6.45) is 3.58. The SMILES string of the molecule is COC(OC)[C@@]1(C)C=Cc2ccccc2O1. The highest BCUT2D eigenvalue weighted by Gasteiger charge is 2.37. The first-order valence-corrected chi connectivity index (χ1v) is 5.22. The van der Waals surface area contributed by atoms with Gasteiger partial charge in [0.2, 0.25) is 6.29 Å². The third-order valence-electron chi connectivity index (χ3n) is 2.74. The van der Waals surface area contributed by atoms with E-state index >= 15 is 0 Å². The molecule has 0 N–H and O–H groups in total. The van der Waals surface area contributed by atoms with E-state index in [1.807, 2.05) is 43.3 Å². The lowest BCUT2D eigenvalue weighted by atomic mass is 9.99. The van der Waals surface area contributed by atoms with Crippen molar-refractivity contribution in [2.45, 2.75) is 18.8 Å². The monoisotopic (exact) mass is 220 g/mol. The van der Waals surface area contributed by atoms with Crippen LogP contribution in [0.4, 0.5) is 0 Å². The van der Waals surface area contributed by atoms with Crippen molar-refractivity contribution in [1.82, 2.24) is 0 Å². The zero-order valence-corrected chi connectivity index (χ0v) is 9.77. The van der Waals surface area contributed by atoms with Crippen LogP contribution in [0.15, 0.2) is 30.3 Å². The van der Waals surface area contributed by atoms with Crippen LogP contribution in [0, 0.1) is 0 Å². The summed E-state index contributed by atoms with van der Waals surface area (Å²) in [5.74, 6) is 0.853. The molecule has 1 aromatic rings. The first kappa shape index (κ1) is 11.2. The summed E-state index contributed by atoms with van der Waals surface area (Å²) in [4.78, 5) is 0. The van der Waals surface area contributed by atoms with Crippen molar-refractivity contribution in [3.63, 3.8) is 0 Å². The molecule has 1 heterocycles. The molecule has 0 radical (unpaired) electrons. The van der Waals surface area contributed by atoms with Gasteiger partial charge in [0.1, 0.15) is 5.75 Å². The van der Waals surface area contributed by atoms with Gasteiger partial charge < -0.3 is 14.2 Å². The maximum atomic E-state index is 5.93. The van der Waals surface area contributed by atoms with E-state index in [0.29, 0.717) is 0 Å². The molecule has 86 valence electrons. The number of ether oxygens (including phenoxy) is 3. The van der Waals surface area contributed by atoms with Gasteiger partial charge in [-0.1, -0.05) is 24.3 Å². The van der Waals surface area contributed by atoms with E-state index in [2.05, 4.69) is 0 Å². The highest BCUT2D eigenvalue weighted by molar-refractivity contribution is 5.60. The Kier molecular flexibility index (Phi) is 2.99. The number of para-hydroxylation sites is 1. The molecule has 3 heteroatoms. The summed E-state index contributed by atoms with van der Waals surface area (Å²) in [6, 6.07) is 7.89. The van der Waals surface area contributed by atoms with Gasteiger partial charge in [-0.25, -0.2) is 0 Å². The number of methoxy groups -OCH3 is 2. The maximum absolute atomic E-state index is 5.93. The fraction of sp³-hybridized carbons (Fsp3) is 0.385. The number of fused-ring (bicyclic) bond motifs is 1. The molecule has 0 aromatic heterocycles. The molecule has 0 saturated heterocycles. The molecule has 0 bridgehead atoms. The number of benzene rings is 1. The van der Waals surface area contributed by atoms with Crippen LogP contribution in [0.2, 0.25) is 0 Å². The van der Waals surface area contributed by atoms with Crippen LogP contribution < -0.4 is 4.74 Å². The van der Waals surface area contributed by atoms with Gasteiger partial charge in [-0.2, -0.15) is 0 Å². The minimum absolute atomic E-state index is 0.419. The second-order valence-electron chi connectivity index (χ2n) is 3.96. The van der Waals surface area contributed by atoms with Gasteiger partial charge in [-0.3, -0.25) is 0 Å². The third kappa shape index (κ3) is 1.84.